The van der Waals surface area contributed by atoms with Gasteiger partial charge in [0.1, 0.15) is 5.52 Å². The number of rotatable bonds is 3. The van der Waals surface area contributed by atoms with Crippen molar-refractivity contribution in [2.45, 2.75) is 6.92 Å². The quantitative estimate of drug-likeness (QED) is 0.777. The number of nitrogens with one attached hydrogen (secondary N) is 2. The number of carbonyl (C=O) groups excluding carboxylic acids is 1. The zero-order valence-electron chi connectivity index (χ0n) is 12.2. The first-order chi connectivity index (χ1) is 10.8. The zero-order chi connectivity index (χ0) is 15.4. The minimum absolute atomic E-state index is 0.283. The van der Waals surface area contributed by atoms with Crippen molar-refractivity contribution in [3.8, 4) is 11.1 Å². The monoisotopic (exact) mass is 292 g/mol. The van der Waals surface area contributed by atoms with Crippen LogP contribution in [0.1, 0.15) is 6.92 Å². The van der Waals surface area contributed by atoms with Crippen molar-refractivity contribution in [1.82, 2.24) is 15.3 Å². The fraction of sp³-hybridized carbons (Fsp3) is 0.118. The Morgan fingerprint density at radius 3 is 2.68 bits per heavy atom. The number of amides is 2. The number of urea groups is 1. The van der Waals surface area contributed by atoms with E-state index in [1.807, 2.05) is 49.4 Å². The highest BCUT2D eigenvalue weighted by atomic mass is 16.2. The number of hydrogen-bond donors (Lipinski definition) is 2. The molecule has 0 saturated carbocycles. The molecule has 2 N–H and O–H groups in total. The maximum atomic E-state index is 11.7. The lowest BCUT2D eigenvalue weighted by atomic mass is 10.0. The van der Waals surface area contributed by atoms with Gasteiger partial charge in [-0.1, -0.05) is 36.4 Å². The molecule has 1 aromatic carbocycles. The molecule has 0 aliphatic heterocycles. The topological polar surface area (TPSA) is 66.9 Å². The van der Waals surface area contributed by atoms with Gasteiger partial charge in [0.2, 0.25) is 0 Å². The van der Waals surface area contributed by atoms with E-state index in [4.69, 9.17) is 0 Å². The van der Waals surface area contributed by atoms with Gasteiger partial charge in [-0.25, -0.2) is 9.78 Å². The van der Waals surface area contributed by atoms with Crippen molar-refractivity contribution in [3.63, 3.8) is 0 Å². The van der Waals surface area contributed by atoms with Gasteiger partial charge >= 0.3 is 6.03 Å². The summed E-state index contributed by atoms with van der Waals surface area (Å²) in [5, 5.41) is 6.38. The van der Waals surface area contributed by atoms with E-state index in [2.05, 4.69) is 20.6 Å². The molecule has 2 amide bonds. The molecule has 5 heteroatoms. The number of fused-ring (bicyclic) bond motifs is 1. The zero-order valence-corrected chi connectivity index (χ0v) is 12.2. The SMILES string of the molecule is CCNC(=O)Nc1ncc(-c2ccccc2)c2cccnc12. The Balaban J connectivity index is 2.10. The van der Waals surface area contributed by atoms with Crippen LogP contribution < -0.4 is 10.6 Å². The molecule has 0 atom stereocenters. The summed E-state index contributed by atoms with van der Waals surface area (Å²) in [4.78, 5) is 20.5. The third-order valence-electron chi connectivity index (χ3n) is 3.30. The molecule has 5 nitrogen and oxygen atoms in total. The number of nitrogens with zero attached hydrogens (tertiary/aromatic N) is 2. The summed E-state index contributed by atoms with van der Waals surface area (Å²) < 4.78 is 0. The van der Waals surface area contributed by atoms with Gasteiger partial charge in [0.15, 0.2) is 5.82 Å². The normalized spacial score (nSPS) is 10.4. The third kappa shape index (κ3) is 2.74. The van der Waals surface area contributed by atoms with Gasteiger partial charge in [-0.3, -0.25) is 10.3 Å². The Kier molecular flexibility index (Phi) is 3.96. The van der Waals surface area contributed by atoms with Gasteiger partial charge < -0.3 is 5.32 Å². The molecule has 3 aromatic rings. The highest BCUT2D eigenvalue weighted by Crippen LogP contribution is 2.29. The average Bonchev–Trinajstić information content (AvgIpc) is 2.56. The smallest absolute Gasteiger partial charge is 0.320 e. The van der Waals surface area contributed by atoms with E-state index in [1.165, 1.54) is 0 Å². The molecule has 0 unspecified atom stereocenters. The Bertz CT molecular complexity index is 802. The van der Waals surface area contributed by atoms with E-state index in [1.54, 1.807) is 12.4 Å². The molecule has 0 fully saturated rings. The highest BCUT2D eigenvalue weighted by Gasteiger charge is 2.11. The Labute approximate surface area is 128 Å². The van der Waals surface area contributed by atoms with Crippen LogP contribution in [-0.2, 0) is 0 Å². The molecule has 0 saturated heterocycles. The first kappa shape index (κ1) is 14.0. The molecule has 0 radical (unpaired) electrons. The van der Waals surface area contributed by atoms with Crippen molar-refractivity contribution in [2.24, 2.45) is 0 Å². The predicted molar refractivity (Wildman–Crippen MR) is 87.7 cm³/mol. The molecule has 0 bridgehead atoms. The van der Waals surface area contributed by atoms with E-state index >= 15 is 0 Å². The molecule has 3 rings (SSSR count). The van der Waals surface area contributed by atoms with Gasteiger partial charge in [-0.05, 0) is 18.6 Å². The fourth-order valence-electron chi connectivity index (χ4n) is 2.32. The lowest BCUT2D eigenvalue weighted by molar-refractivity contribution is 0.252. The van der Waals surface area contributed by atoms with Crippen LogP contribution in [0, 0.1) is 0 Å². The second-order valence-electron chi connectivity index (χ2n) is 4.77. The van der Waals surface area contributed by atoms with Gasteiger partial charge in [0, 0.05) is 29.9 Å². The molecule has 22 heavy (non-hydrogen) atoms. The van der Waals surface area contributed by atoms with Gasteiger partial charge in [-0.2, -0.15) is 0 Å². The van der Waals surface area contributed by atoms with Crippen LogP contribution in [0.25, 0.3) is 22.0 Å². The molecule has 0 spiro atoms. The van der Waals surface area contributed by atoms with Crippen molar-refractivity contribution in [2.75, 3.05) is 11.9 Å². The Morgan fingerprint density at radius 2 is 1.91 bits per heavy atom. The summed E-state index contributed by atoms with van der Waals surface area (Å²) in [5.74, 6) is 0.459. The predicted octanol–water partition coefficient (Wildman–Crippen LogP) is 3.44. The molecule has 0 aliphatic carbocycles. The summed E-state index contributed by atoms with van der Waals surface area (Å²) in [5.41, 5.74) is 2.73. The second kappa shape index (κ2) is 6.22. The average molecular weight is 292 g/mol. The largest absolute Gasteiger partial charge is 0.338 e. The van der Waals surface area contributed by atoms with Crippen molar-refractivity contribution in [1.29, 1.82) is 0 Å². The lowest BCUT2D eigenvalue weighted by Crippen LogP contribution is -2.28. The molecule has 2 heterocycles. The van der Waals surface area contributed by atoms with Crippen LogP contribution in [0.5, 0.6) is 0 Å². The fourth-order valence-corrected chi connectivity index (χ4v) is 2.32. The molecular weight excluding hydrogens is 276 g/mol. The maximum absolute atomic E-state index is 11.7. The maximum Gasteiger partial charge on any atom is 0.320 e. The summed E-state index contributed by atoms with van der Waals surface area (Å²) in [6.45, 7) is 2.42. The third-order valence-corrected chi connectivity index (χ3v) is 3.30. The van der Waals surface area contributed by atoms with E-state index in [0.29, 0.717) is 17.9 Å². The Hall–Kier alpha value is -2.95. The molecular formula is C17H16N4O. The van der Waals surface area contributed by atoms with E-state index < -0.39 is 0 Å². The van der Waals surface area contributed by atoms with Crippen LogP contribution in [0.3, 0.4) is 0 Å². The lowest BCUT2D eigenvalue weighted by Gasteiger charge is -2.11. The highest BCUT2D eigenvalue weighted by molar-refractivity contribution is 6.03. The van der Waals surface area contributed by atoms with E-state index in [9.17, 15) is 4.79 Å². The number of aromatic nitrogens is 2. The summed E-state index contributed by atoms with van der Waals surface area (Å²) >= 11 is 0. The van der Waals surface area contributed by atoms with Crippen LogP contribution in [0.4, 0.5) is 10.6 Å². The number of benzene rings is 1. The molecule has 110 valence electrons. The van der Waals surface area contributed by atoms with Crippen LogP contribution in [-0.4, -0.2) is 22.5 Å². The molecule has 2 aromatic heterocycles. The standard InChI is InChI=1S/C17H16N4O/c1-2-18-17(22)21-16-15-13(9-6-10-19-15)14(11-20-16)12-7-4-3-5-8-12/h3-11H,2H2,1H3,(H2,18,20,21,22). The van der Waals surface area contributed by atoms with Gasteiger partial charge in [-0.15, -0.1) is 0 Å². The second-order valence-corrected chi connectivity index (χ2v) is 4.77. The first-order valence-electron chi connectivity index (χ1n) is 7.13. The van der Waals surface area contributed by atoms with Crippen LogP contribution in [0.15, 0.2) is 54.9 Å². The summed E-state index contributed by atoms with van der Waals surface area (Å²) in [6, 6.07) is 13.6. The van der Waals surface area contributed by atoms with Gasteiger partial charge in [0.25, 0.3) is 0 Å². The van der Waals surface area contributed by atoms with Gasteiger partial charge in [0.05, 0.1) is 0 Å². The number of carbonyl (C=O) groups is 1. The van der Waals surface area contributed by atoms with Crippen LogP contribution in [0.2, 0.25) is 0 Å². The summed E-state index contributed by atoms with van der Waals surface area (Å²) in [6.07, 6.45) is 3.46. The van der Waals surface area contributed by atoms with Crippen molar-refractivity contribution in [3.05, 3.63) is 54.9 Å². The first-order valence-corrected chi connectivity index (χ1v) is 7.13. The molecule has 0 aliphatic rings. The van der Waals surface area contributed by atoms with Crippen molar-refractivity contribution < 1.29 is 4.79 Å². The number of anilines is 1. The Morgan fingerprint density at radius 1 is 1.09 bits per heavy atom. The van der Waals surface area contributed by atoms with Crippen LogP contribution >= 0.6 is 0 Å². The van der Waals surface area contributed by atoms with Crippen molar-refractivity contribution >= 4 is 22.8 Å². The number of pyridine rings is 2. The minimum Gasteiger partial charge on any atom is -0.338 e. The van der Waals surface area contributed by atoms with E-state index in [0.717, 1.165) is 16.5 Å². The minimum atomic E-state index is -0.283. The number of hydrogen-bond acceptors (Lipinski definition) is 3. The summed E-state index contributed by atoms with van der Waals surface area (Å²) in [7, 11) is 0. The van der Waals surface area contributed by atoms with E-state index in [-0.39, 0.29) is 6.03 Å².